The molecule has 0 amide bonds. The zero-order valence-corrected chi connectivity index (χ0v) is 15.4. The smallest absolute Gasteiger partial charge is 0.132 e. The molecule has 1 unspecified atom stereocenters. The van der Waals surface area contributed by atoms with Gasteiger partial charge in [0.05, 0.1) is 5.60 Å². The Morgan fingerprint density at radius 3 is 2.08 bits per heavy atom. The summed E-state index contributed by atoms with van der Waals surface area (Å²) in [6, 6.07) is 1.51. The van der Waals surface area contributed by atoms with E-state index in [9.17, 15) is 13.2 Å². The molecule has 0 saturated heterocycles. The van der Waals surface area contributed by atoms with Crippen LogP contribution in [0.15, 0.2) is 12.1 Å². The predicted octanol–water partition coefficient (Wildman–Crippen LogP) is 6.44. The minimum atomic E-state index is -0.881. The number of ether oxygens (including phenoxy) is 1. The van der Waals surface area contributed by atoms with Gasteiger partial charge in [-0.1, -0.05) is 39.0 Å². The number of hydrogen-bond acceptors (Lipinski definition) is 1. The highest BCUT2D eigenvalue weighted by Crippen LogP contribution is 2.32. The molecule has 1 nitrogen and oxygen atoms in total. The molecule has 0 fully saturated rings. The van der Waals surface area contributed by atoms with Crippen molar-refractivity contribution < 1.29 is 17.9 Å². The Morgan fingerprint density at radius 1 is 0.958 bits per heavy atom. The van der Waals surface area contributed by atoms with E-state index in [-0.39, 0.29) is 17.9 Å². The third-order valence-electron chi connectivity index (χ3n) is 4.71. The summed E-state index contributed by atoms with van der Waals surface area (Å²) in [5, 5.41) is 0. The predicted molar refractivity (Wildman–Crippen MR) is 92.6 cm³/mol. The molecule has 0 saturated carbocycles. The lowest BCUT2D eigenvalue weighted by Gasteiger charge is -2.35. The number of halogens is 3. The van der Waals surface area contributed by atoms with E-state index in [2.05, 4.69) is 6.92 Å². The van der Waals surface area contributed by atoms with Crippen molar-refractivity contribution >= 4 is 0 Å². The second-order valence-electron chi connectivity index (χ2n) is 6.99. The molecule has 1 aromatic rings. The van der Waals surface area contributed by atoms with E-state index in [1.54, 1.807) is 0 Å². The molecular formula is C20H31F3O. The SMILES string of the molecule is CCCCCCCC(Cc1c(F)cc(F)cc1F)C(C)(C)OCC. The average molecular weight is 344 g/mol. The Bertz CT molecular complexity index is 477. The highest BCUT2D eigenvalue weighted by Gasteiger charge is 2.31. The summed E-state index contributed by atoms with van der Waals surface area (Å²) < 4.78 is 47.0. The van der Waals surface area contributed by atoms with Crippen molar-refractivity contribution in [2.24, 2.45) is 5.92 Å². The van der Waals surface area contributed by atoms with Crippen LogP contribution in [0.4, 0.5) is 13.2 Å². The van der Waals surface area contributed by atoms with Crippen LogP contribution in [0.2, 0.25) is 0 Å². The highest BCUT2D eigenvalue weighted by atomic mass is 19.1. The van der Waals surface area contributed by atoms with Crippen LogP contribution < -0.4 is 0 Å². The summed E-state index contributed by atoms with van der Waals surface area (Å²) in [5.41, 5.74) is -0.519. The molecule has 0 spiro atoms. The lowest BCUT2D eigenvalue weighted by atomic mass is 9.81. The van der Waals surface area contributed by atoms with E-state index in [0.29, 0.717) is 6.61 Å². The largest absolute Gasteiger partial charge is 0.376 e. The van der Waals surface area contributed by atoms with Crippen LogP contribution in [0.5, 0.6) is 0 Å². The second kappa shape index (κ2) is 10.1. The van der Waals surface area contributed by atoms with E-state index < -0.39 is 23.1 Å². The average Bonchev–Trinajstić information content (AvgIpc) is 2.48. The van der Waals surface area contributed by atoms with Crippen molar-refractivity contribution in [3.8, 4) is 0 Å². The fourth-order valence-electron chi connectivity index (χ4n) is 3.19. The third kappa shape index (κ3) is 6.46. The zero-order valence-electron chi connectivity index (χ0n) is 15.4. The van der Waals surface area contributed by atoms with Gasteiger partial charge in [-0.3, -0.25) is 0 Å². The van der Waals surface area contributed by atoms with E-state index in [1.165, 1.54) is 19.3 Å². The van der Waals surface area contributed by atoms with Crippen molar-refractivity contribution in [2.75, 3.05) is 6.61 Å². The van der Waals surface area contributed by atoms with E-state index >= 15 is 0 Å². The maximum Gasteiger partial charge on any atom is 0.132 e. The Labute approximate surface area is 144 Å². The van der Waals surface area contributed by atoms with Crippen LogP contribution in [-0.4, -0.2) is 12.2 Å². The Hall–Kier alpha value is -1.03. The van der Waals surface area contributed by atoms with Gasteiger partial charge in [0.1, 0.15) is 17.5 Å². The number of unbranched alkanes of at least 4 members (excludes halogenated alkanes) is 4. The highest BCUT2D eigenvalue weighted by molar-refractivity contribution is 5.22. The first-order valence-electron chi connectivity index (χ1n) is 9.09. The van der Waals surface area contributed by atoms with Gasteiger partial charge in [0.2, 0.25) is 0 Å². The van der Waals surface area contributed by atoms with Crippen LogP contribution in [0, 0.1) is 23.4 Å². The van der Waals surface area contributed by atoms with Crippen LogP contribution in [0.1, 0.15) is 71.8 Å². The molecule has 138 valence electrons. The monoisotopic (exact) mass is 344 g/mol. The molecule has 1 aromatic carbocycles. The topological polar surface area (TPSA) is 9.23 Å². The molecule has 1 atom stereocenters. The Balaban J connectivity index is 2.85. The van der Waals surface area contributed by atoms with Gasteiger partial charge in [-0.2, -0.15) is 0 Å². The van der Waals surface area contributed by atoms with Gasteiger partial charge >= 0.3 is 0 Å². The summed E-state index contributed by atoms with van der Waals surface area (Å²) in [6.45, 7) is 8.56. The number of benzene rings is 1. The van der Waals surface area contributed by atoms with Crippen molar-refractivity contribution in [3.05, 3.63) is 35.1 Å². The molecule has 0 aromatic heterocycles. The first-order chi connectivity index (χ1) is 11.3. The molecule has 1 rings (SSSR count). The fourth-order valence-corrected chi connectivity index (χ4v) is 3.19. The quantitative estimate of drug-likeness (QED) is 0.420. The van der Waals surface area contributed by atoms with E-state index in [0.717, 1.165) is 31.4 Å². The number of rotatable bonds is 11. The lowest BCUT2D eigenvalue weighted by molar-refractivity contribution is -0.0577. The molecule has 4 heteroatoms. The van der Waals surface area contributed by atoms with Crippen LogP contribution in [-0.2, 0) is 11.2 Å². The van der Waals surface area contributed by atoms with Crippen LogP contribution in [0.25, 0.3) is 0 Å². The molecule has 0 bridgehead atoms. The van der Waals surface area contributed by atoms with Gasteiger partial charge in [-0.05, 0) is 39.5 Å². The first-order valence-corrected chi connectivity index (χ1v) is 9.09. The van der Waals surface area contributed by atoms with Crippen molar-refractivity contribution in [1.82, 2.24) is 0 Å². The minimum Gasteiger partial charge on any atom is -0.376 e. The molecule has 0 N–H and O–H groups in total. The van der Waals surface area contributed by atoms with Crippen molar-refractivity contribution in [1.29, 1.82) is 0 Å². The second-order valence-corrected chi connectivity index (χ2v) is 6.99. The normalized spacial score (nSPS) is 13.3. The Morgan fingerprint density at radius 2 is 1.54 bits per heavy atom. The van der Waals surface area contributed by atoms with Gasteiger partial charge in [-0.25, -0.2) is 13.2 Å². The summed E-state index contributed by atoms with van der Waals surface area (Å²) in [6.07, 6.45) is 6.75. The number of hydrogen-bond donors (Lipinski definition) is 0. The molecule has 0 radical (unpaired) electrons. The minimum absolute atomic E-state index is 0.0199. The summed E-state index contributed by atoms with van der Waals surface area (Å²) >= 11 is 0. The Kier molecular flexibility index (Phi) is 8.82. The maximum atomic E-state index is 14.0. The molecular weight excluding hydrogens is 313 g/mol. The molecule has 0 aliphatic rings. The summed E-state index contributed by atoms with van der Waals surface area (Å²) in [4.78, 5) is 0. The molecule has 0 aliphatic carbocycles. The van der Waals surface area contributed by atoms with Crippen LogP contribution >= 0.6 is 0 Å². The van der Waals surface area contributed by atoms with Gasteiger partial charge in [0.25, 0.3) is 0 Å². The standard InChI is InChI=1S/C20H31F3O/c1-5-7-8-9-10-11-15(20(3,4)24-6-2)12-17-18(22)13-16(21)14-19(17)23/h13-15H,5-12H2,1-4H3. The van der Waals surface area contributed by atoms with Gasteiger partial charge in [0.15, 0.2) is 0 Å². The first kappa shape index (κ1) is 21.0. The van der Waals surface area contributed by atoms with Gasteiger partial charge in [0, 0.05) is 24.3 Å². The molecule has 24 heavy (non-hydrogen) atoms. The third-order valence-corrected chi connectivity index (χ3v) is 4.71. The summed E-state index contributed by atoms with van der Waals surface area (Å²) in [5.74, 6) is -2.52. The molecule has 0 aliphatic heterocycles. The zero-order chi connectivity index (χ0) is 18.2. The van der Waals surface area contributed by atoms with E-state index in [4.69, 9.17) is 4.74 Å². The lowest BCUT2D eigenvalue weighted by Crippen LogP contribution is -2.36. The van der Waals surface area contributed by atoms with Crippen molar-refractivity contribution in [2.45, 2.75) is 78.2 Å². The maximum absolute atomic E-state index is 14.0. The van der Waals surface area contributed by atoms with Crippen molar-refractivity contribution in [3.63, 3.8) is 0 Å². The van der Waals surface area contributed by atoms with Gasteiger partial charge < -0.3 is 4.74 Å². The fraction of sp³-hybridized carbons (Fsp3) is 0.700. The van der Waals surface area contributed by atoms with Crippen LogP contribution in [0.3, 0.4) is 0 Å². The summed E-state index contributed by atoms with van der Waals surface area (Å²) in [7, 11) is 0. The molecule has 0 heterocycles. The van der Waals surface area contributed by atoms with E-state index in [1.807, 2.05) is 20.8 Å². The van der Waals surface area contributed by atoms with Gasteiger partial charge in [-0.15, -0.1) is 0 Å².